The smallest absolute Gasteiger partial charge is 0.255 e. The van der Waals surface area contributed by atoms with Gasteiger partial charge in [-0.25, -0.2) is 9.67 Å². The van der Waals surface area contributed by atoms with Gasteiger partial charge in [-0.15, -0.1) is 0 Å². The van der Waals surface area contributed by atoms with Crippen molar-refractivity contribution in [3.63, 3.8) is 0 Å². The highest BCUT2D eigenvalue weighted by atomic mass is 16.2. The van der Waals surface area contributed by atoms with E-state index < -0.39 is 0 Å². The minimum Gasteiger partial charge on any atom is -0.378 e. The van der Waals surface area contributed by atoms with Crippen molar-refractivity contribution in [2.24, 2.45) is 0 Å². The van der Waals surface area contributed by atoms with Crippen molar-refractivity contribution in [2.45, 2.75) is 26.4 Å². The van der Waals surface area contributed by atoms with Gasteiger partial charge in [0.05, 0.1) is 11.8 Å². The molecule has 0 aliphatic heterocycles. The van der Waals surface area contributed by atoms with Crippen LogP contribution in [-0.2, 0) is 6.54 Å². The van der Waals surface area contributed by atoms with Crippen molar-refractivity contribution in [1.29, 1.82) is 0 Å². The van der Waals surface area contributed by atoms with Crippen molar-refractivity contribution in [1.82, 2.24) is 19.7 Å². The lowest BCUT2D eigenvalue weighted by Crippen LogP contribution is -2.26. The maximum Gasteiger partial charge on any atom is 0.255 e. The van der Waals surface area contributed by atoms with Crippen LogP contribution in [0.5, 0.6) is 0 Å². The van der Waals surface area contributed by atoms with Crippen molar-refractivity contribution in [3.8, 4) is 0 Å². The maximum atomic E-state index is 12.8. The number of pyridine rings is 1. The van der Waals surface area contributed by atoms with Crippen LogP contribution in [0, 0.1) is 0 Å². The number of nitrogens with zero attached hydrogens (tertiary/aromatic N) is 5. The summed E-state index contributed by atoms with van der Waals surface area (Å²) in [6, 6.07) is 10.3. The highest BCUT2D eigenvalue weighted by molar-refractivity contribution is 5.96. The Morgan fingerprint density at radius 2 is 1.81 bits per heavy atom. The Morgan fingerprint density at radius 3 is 2.42 bits per heavy atom. The van der Waals surface area contributed by atoms with E-state index in [1.807, 2.05) is 44.0 Å². The number of rotatable bonds is 5. The summed E-state index contributed by atoms with van der Waals surface area (Å²) in [5.41, 5.74) is 3.61. The Hall–Kier alpha value is -2.89. The largest absolute Gasteiger partial charge is 0.378 e. The number of amides is 1. The minimum absolute atomic E-state index is 0.0478. The average molecular weight is 351 g/mol. The van der Waals surface area contributed by atoms with E-state index >= 15 is 0 Å². The number of benzene rings is 1. The highest BCUT2D eigenvalue weighted by Gasteiger charge is 2.15. The molecule has 2 heterocycles. The van der Waals surface area contributed by atoms with Gasteiger partial charge < -0.3 is 9.80 Å². The van der Waals surface area contributed by atoms with Gasteiger partial charge in [0.1, 0.15) is 0 Å². The van der Waals surface area contributed by atoms with Crippen LogP contribution in [-0.4, -0.2) is 46.7 Å². The summed E-state index contributed by atoms with van der Waals surface area (Å²) in [5, 5.41) is 5.24. The third kappa shape index (κ3) is 3.54. The zero-order chi connectivity index (χ0) is 18.8. The Morgan fingerprint density at radius 1 is 1.12 bits per heavy atom. The Labute approximate surface area is 154 Å². The number of carbonyl (C=O) groups excluding carboxylic acids is 1. The first kappa shape index (κ1) is 17.9. The number of hydrogen-bond donors (Lipinski definition) is 0. The monoisotopic (exact) mass is 351 g/mol. The standard InChI is InChI=1S/C20H25N5O/c1-14(2)25-19-16(12-22-25)10-17(11-21-19)20(26)24(5)13-15-6-8-18(9-7-15)23(3)4/h6-12,14H,13H2,1-5H3. The normalized spacial score (nSPS) is 11.2. The highest BCUT2D eigenvalue weighted by Crippen LogP contribution is 2.18. The second kappa shape index (κ2) is 7.15. The lowest BCUT2D eigenvalue weighted by Gasteiger charge is -2.18. The minimum atomic E-state index is -0.0478. The van der Waals surface area contributed by atoms with Crippen LogP contribution in [0.1, 0.15) is 35.8 Å². The first-order valence-electron chi connectivity index (χ1n) is 8.72. The number of fused-ring (bicyclic) bond motifs is 1. The zero-order valence-electron chi connectivity index (χ0n) is 16.0. The predicted octanol–water partition coefficient (Wildman–Crippen LogP) is 3.35. The van der Waals surface area contributed by atoms with Gasteiger partial charge in [-0.1, -0.05) is 12.1 Å². The lowest BCUT2D eigenvalue weighted by molar-refractivity contribution is 0.0785. The van der Waals surface area contributed by atoms with Crippen molar-refractivity contribution < 1.29 is 4.79 Å². The summed E-state index contributed by atoms with van der Waals surface area (Å²) in [6.07, 6.45) is 3.40. The SMILES string of the molecule is CC(C)n1ncc2cc(C(=O)N(C)Cc3ccc(N(C)C)cc3)cnc21. The third-order valence-electron chi connectivity index (χ3n) is 4.39. The number of aromatic nitrogens is 3. The second-order valence-electron chi connectivity index (χ2n) is 7.04. The van der Waals surface area contributed by atoms with Crippen LogP contribution < -0.4 is 4.90 Å². The number of anilines is 1. The van der Waals surface area contributed by atoms with Gasteiger partial charge in [-0.2, -0.15) is 5.10 Å². The van der Waals surface area contributed by atoms with Crippen LogP contribution in [0.3, 0.4) is 0 Å². The van der Waals surface area contributed by atoms with Crippen molar-refractivity contribution in [2.75, 3.05) is 26.0 Å². The molecule has 3 aromatic rings. The molecule has 0 aliphatic rings. The van der Waals surface area contributed by atoms with Gasteiger partial charge in [-0.05, 0) is 37.6 Å². The molecule has 0 unspecified atom stereocenters. The fourth-order valence-corrected chi connectivity index (χ4v) is 2.90. The fourth-order valence-electron chi connectivity index (χ4n) is 2.90. The predicted molar refractivity (Wildman–Crippen MR) is 104 cm³/mol. The van der Waals surface area contributed by atoms with Crippen LogP contribution in [0.2, 0.25) is 0 Å². The Bertz CT molecular complexity index is 912. The Balaban J connectivity index is 1.76. The average Bonchev–Trinajstić information content (AvgIpc) is 3.04. The molecular weight excluding hydrogens is 326 g/mol. The number of carbonyl (C=O) groups is 1. The topological polar surface area (TPSA) is 54.3 Å². The molecule has 2 aromatic heterocycles. The molecule has 1 aromatic carbocycles. The molecule has 0 aliphatic carbocycles. The van der Waals surface area contributed by atoms with E-state index in [2.05, 4.69) is 41.0 Å². The molecule has 6 heteroatoms. The third-order valence-corrected chi connectivity index (χ3v) is 4.39. The summed E-state index contributed by atoms with van der Waals surface area (Å²) >= 11 is 0. The zero-order valence-corrected chi connectivity index (χ0v) is 16.0. The molecule has 0 radical (unpaired) electrons. The van der Waals surface area contributed by atoms with Gasteiger partial charge >= 0.3 is 0 Å². The molecule has 3 rings (SSSR count). The van der Waals surface area contributed by atoms with E-state index in [0.29, 0.717) is 12.1 Å². The van der Waals surface area contributed by atoms with E-state index in [9.17, 15) is 4.79 Å². The maximum absolute atomic E-state index is 12.8. The lowest BCUT2D eigenvalue weighted by atomic mass is 10.1. The van der Waals surface area contributed by atoms with E-state index in [1.165, 1.54) is 0 Å². The van der Waals surface area contributed by atoms with E-state index in [0.717, 1.165) is 22.3 Å². The molecule has 6 nitrogen and oxygen atoms in total. The summed E-state index contributed by atoms with van der Waals surface area (Å²) in [7, 11) is 5.83. The molecule has 0 bridgehead atoms. The van der Waals surface area contributed by atoms with Gasteiger partial charge in [0, 0.05) is 51.0 Å². The van der Waals surface area contributed by atoms with Crippen LogP contribution in [0.4, 0.5) is 5.69 Å². The summed E-state index contributed by atoms with van der Waals surface area (Å²) < 4.78 is 1.86. The summed E-state index contributed by atoms with van der Waals surface area (Å²) in [6.45, 7) is 4.67. The van der Waals surface area contributed by atoms with Crippen LogP contribution in [0.25, 0.3) is 11.0 Å². The molecule has 1 amide bonds. The van der Waals surface area contributed by atoms with Gasteiger partial charge in [0.25, 0.3) is 5.91 Å². The van der Waals surface area contributed by atoms with Crippen molar-refractivity contribution in [3.05, 3.63) is 53.9 Å². The molecular formula is C20H25N5O. The molecule has 0 saturated carbocycles. The van der Waals surface area contributed by atoms with E-state index in [1.54, 1.807) is 17.3 Å². The van der Waals surface area contributed by atoms with Crippen LogP contribution >= 0.6 is 0 Å². The van der Waals surface area contributed by atoms with Gasteiger partial charge in [0.15, 0.2) is 5.65 Å². The summed E-state index contributed by atoms with van der Waals surface area (Å²) in [5.74, 6) is -0.0478. The molecule has 26 heavy (non-hydrogen) atoms. The van der Waals surface area contributed by atoms with E-state index in [-0.39, 0.29) is 11.9 Å². The van der Waals surface area contributed by atoms with Crippen LogP contribution in [0.15, 0.2) is 42.7 Å². The van der Waals surface area contributed by atoms with E-state index in [4.69, 9.17) is 0 Å². The molecule has 0 atom stereocenters. The molecule has 0 fully saturated rings. The molecule has 0 saturated heterocycles. The Kier molecular flexibility index (Phi) is 4.93. The van der Waals surface area contributed by atoms with Gasteiger partial charge in [0.2, 0.25) is 0 Å². The van der Waals surface area contributed by atoms with Crippen molar-refractivity contribution >= 4 is 22.6 Å². The molecule has 0 N–H and O–H groups in total. The quantitative estimate of drug-likeness (QED) is 0.707. The fraction of sp³-hybridized carbons (Fsp3) is 0.350. The molecule has 0 spiro atoms. The number of hydrogen-bond acceptors (Lipinski definition) is 4. The summed E-state index contributed by atoms with van der Waals surface area (Å²) in [4.78, 5) is 21.0. The molecule has 136 valence electrons. The second-order valence-corrected chi connectivity index (χ2v) is 7.04. The first-order valence-corrected chi connectivity index (χ1v) is 8.72. The first-order chi connectivity index (χ1) is 12.4. The van der Waals surface area contributed by atoms with Gasteiger partial charge in [-0.3, -0.25) is 4.79 Å².